The van der Waals surface area contributed by atoms with Crippen molar-refractivity contribution in [2.75, 3.05) is 18.0 Å². The van der Waals surface area contributed by atoms with Crippen LogP contribution < -0.4 is 10.2 Å². The first-order valence-corrected chi connectivity index (χ1v) is 11.3. The number of benzene rings is 1. The summed E-state index contributed by atoms with van der Waals surface area (Å²) in [5.74, 6) is 0.933. The summed E-state index contributed by atoms with van der Waals surface area (Å²) in [5, 5.41) is 7.55. The van der Waals surface area contributed by atoms with E-state index in [1.165, 1.54) is 31.2 Å². The second-order valence-electron chi connectivity index (χ2n) is 8.11. The molecule has 3 aromatic rings. The van der Waals surface area contributed by atoms with Crippen LogP contribution in [-0.4, -0.2) is 33.8 Å². The van der Waals surface area contributed by atoms with Crippen molar-refractivity contribution in [1.82, 2.24) is 20.1 Å². The summed E-state index contributed by atoms with van der Waals surface area (Å²) in [5.41, 5.74) is 3.85. The fourth-order valence-electron chi connectivity index (χ4n) is 4.19. The molecule has 1 aliphatic rings. The van der Waals surface area contributed by atoms with Gasteiger partial charge in [0.1, 0.15) is 5.82 Å². The number of hydrogen-bond donors (Lipinski definition) is 1. The molecule has 0 atom stereocenters. The summed E-state index contributed by atoms with van der Waals surface area (Å²) in [4.78, 5) is 19.8. The van der Waals surface area contributed by atoms with Crippen LogP contribution in [0.25, 0.3) is 0 Å². The lowest BCUT2D eigenvalue weighted by Crippen LogP contribution is -2.26. The van der Waals surface area contributed by atoms with Crippen molar-refractivity contribution < 1.29 is 4.79 Å². The van der Waals surface area contributed by atoms with Crippen molar-refractivity contribution in [3.63, 3.8) is 0 Å². The average molecular weight is 418 g/mol. The van der Waals surface area contributed by atoms with Crippen LogP contribution in [0, 0.1) is 0 Å². The third-order valence-corrected chi connectivity index (χ3v) is 5.90. The fraction of sp³-hybridized carbons (Fsp3) is 0.400. The molecule has 0 unspecified atom stereocenters. The van der Waals surface area contributed by atoms with Gasteiger partial charge in [-0.3, -0.25) is 9.48 Å². The quantitative estimate of drug-likeness (QED) is 0.626. The molecule has 0 radical (unpaired) electrons. The number of nitrogens with one attached hydrogen (secondary N) is 1. The molecule has 0 aliphatic carbocycles. The van der Waals surface area contributed by atoms with E-state index in [2.05, 4.69) is 45.4 Å². The van der Waals surface area contributed by atoms with Crippen molar-refractivity contribution in [3.8, 4) is 0 Å². The Morgan fingerprint density at radius 2 is 1.81 bits per heavy atom. The summed E-state index contributed by atoms with van der Waals surface area (Å²) < 4.78 is 1.92. The van der Waals surface area contributed by atoms with Crippen LogP contribution in [0.5, 0.6) is 0 Å². The van der Waals surface area contributed by atoms with E-state index >= 15 is 0 Å². The maximum Gasteiger partial charge on any atom is 0.255 e. The van der Waals surface area contributed by atoms with Crippen molar-refractivity contribution in [2.24, 2.45) is 0 Å². The van der Waals surface area contributed by atoms with Crippen LogP contribution in [0.2, 0.25) is 0 Å². The summed E-state index contributed by atoms with van der Waals surface area (Å²) in [6, 6.07) is 14.3. The molecule has 1 aliphatic heterocycles. The minimum atomic E-state index is -0.0794. The maximum atomic E-state index is 12.9. The number of aromatic nitrogens is 3. The van der Waals surface area contributed by atoms with Crippen molar-refractivity contribution in [3.05, 3.63) is 77.2 Å². The Labute approximate surface area is 184 Å². The summed E-state index contributed by atoms with van der Waals surface area (Å²) >= 11 is 0. The molecule has 6 heteroatoms. The second-order valence-corrected chi connectivity index (χ2v) is 8.11. The third-order valence-electron chi connectivity index (χ3n) is 5.90. The highest BCUT2D eigenvalue weighted by atomic mass is 16.1. The predicted molar refractivity (Wildman–Crippen MR) is 123 cm³/mol. The molecular formula is C25H31N5O. The number of carbonyl (C=O) groups excluding carboxylic acids is 1. The largest absolute Gasteiger partial charge is 0.357 e. The van der Waals surface area contributed by atoms with Crippen molar-refractivity contribution >= 4 is 11.7 Å². The predicted octanol–water partition coefficient (Wildman–Crippen LogP) is 4.20. The number of hydrogen-bond acceptors (Lipinski definition) is 4. The van der Waals surface area contributed by atoms with E-state index in [0.717, 1.165) is 36.6 Å². The van der Waals surface area contributed by atoms with Crippen LogP contribution in [-0.2, 0) is 19.5 Å². The molecular weight excluding hydrogens is 386 g/mol. The minimum Gasteiger partial charge on any atom is -0.357 e. The van der Waals surface area contributed by atoms with E-state index in [9.17, 15) is 4.79 Å². The molecule has 3 heterocycles. The Morgan fingerprint density at radius 3 is 2.55 bits per heavy atom. The Bertz CT molecular complexity index is 990. The van der Waals surface area contributed by atoms with Gasteiger partial charge in [-0.15, -0.1) is 0 Å². The number of amides is 1. The van der Waals surface area contributed by atoms with Crippen LogP contribution in [0.15, 0.2) is 54.9 Å². The van der Waals surface area contributed by atoms with Gasteiger partial charge in [-0.25, -0.2) is 4.98 Å². The lowest BCUT2D eigenvalue weighted by molar-refractivity contribution is 0.0950. The van der Waals surface area contributed by atoms with E-state index in [-0.39, 0.29) is 5.91 Å². The van der Waals surface area contributed by atoms with Gasteiger partial charge in [0.05, 0.1) is 24.0 Å². The zero-order chi connectivity index (χ0) is 21.5. The first-order chi connectivity index (χ1) is 15.2. The number of pyridine rings is 1. The molecule has 0 bridgehead atoms. The van der Waals surface area contributed by atoms with Gasteiger partial charge in [0.2, 0.25) is 0 Å². The van der Waals surface area contributed by atoms with Crippen molar-refractivity contribution in [2.45, 2.75) is 52.1 Å². The Kier molecular flexibility index (Phi) is 6.97. The topological polar surface area (TPSA) is 63.1 Å². The van der Waals surface area contributed by atoms with Crippen LogP contribution in [0.1, 0.15) is 59.8 Å². The molecule has 1 amide bonds. The minimum absolute atomic E-state index is 0.0794. The highest BCUT2D eigenvalue weighted by molar-refractivity contribution is 5.95. The van der Waals surface area contributed by atoms with Gasteiger partial charge in [-0.05, 0) is 42.5 Å². The van der Waals surface area contributed by atoms with E-state index < -0.39 is 0 Å². The molecule has 0 saturated carbocycles. The van der Waals surface area contributed by atoms with Gasteiger partial charge in [-0.1, -0.05) is 50.1 Å². The monoisotopic (exact) mass is 417 g/mol. The number of rotatable bonds is 7. The summed E-state index contributed by atoms with van der Waals surface area (Å²) in [7, 11) is 0. The number of carbonyl (C=O) groups is 1. The van der Waals surface area contributed by atoms with Gasteiger partial charge in [0.15, 0.2) is 0 Å². The molecule has 1 N–H and O–H groups in total. The highest BCUT2D eigenvalue weighted by Gasteiger charge is 2.17. The highest BCUT2D eigenvalue weighted by Crippen LogP contribution is 2.18. The molecule has 2 aromatic heterocycles. The van der Waals surface area contributed by atoms with Crippen LogP contribution in [0.4, 0.5) is 5.82 Å². The molecule has 4 rings (SSSR count). The van der Waals surface area contributed by atoms with Crippen molar-refractivity contribution in [1.29, 1.82) is 0 Å². The van der Waals surface area contributed by atoms with Gasteiger partial charge < -0.3 is 10.2 Å². The van der Waals surface area contributed by atoms with Crippen LogP contribution >= 0.6 is 0 Å². The lowest BCUT2D eigenvalue weighted by Gasteiger charge is -2.21. The SMILES string of the molecule is CCc1c(C(=O)NCc2ccnc(N3CCCCCC3)c2)cnn1Cc1ccccc1. The first-order valence-electron chi connectivity index (χ1n) is 11.3. The van der Waals surface area contributed by atoms with E-state index in [0.29, 0.717) is 18.7 Å². The molecule has 31 heavy (non-hydrogen) atoms. The van der Waals surface area contributed by atoms with E-state index in [1.807, 2.05) is 35.1 Å². The number of anilines is 1. The molecule has 1 saturated heterocycles. The first kappa shape index (κ1) is 21.1. The standard InChI is InChI=1S/C25H31N5O/c1-2-23-22(18-28-30(23)19-20-10-6-5-7-11-20)25(31)27-17-21-12-13-26-24(16-21)29-14-8-3-4-9-15-29/h5-7,10-13,16,18H,2-4,8-9,14-15,17,19H2,1H3,(H,27,31). The van der Waals surface area contributed by atoms with Crippen LogP contribution in [0.3, 0.4) is 0 Å². The average Bonchev–Trinajstić information content (AvgIpc) is 3.02. The van der Waals surface area contributed by atoms with E-state index in [4.69, 9.17) is 0 Å². The second kappa shape index (κ2) is 10.2. The third kappa shape index (κ3) is 5.32. The van der Waals surface area contributed by atoms with Gasteiger partial charge in [-0.2, -0.15) is 5.10 Å². The molecule has 0 spiro atoms. The van der Waals surface area contributed by atoms with Gasteiger partial charge >= 0.3 is 0 Å². The lowest BCUT2D eigenvalue weighted by atomic mass is 10.1. The summed E-state index contributed by atoms with van der Waals surface area (Å²) in [6.07, 6.45) is 9.31. The Hall–Kier alpha value is -3.15. The normalized spacial score (nSPS) is 14.3. The Balaban J connectivity index is 1.41. The summed E-state index contributed by atoms with van der Waals surface area (Å²) in [6.45, 7) is 5.33. The zero-order valence-corrected chi connectivity index (χ0v) is 18.3. The molecule has 1 aromatic carbocycles. The zero-order valence-electron chi connectivity index (χ0n) is 18.3. The van der Waals surface area contributed by atoms with E-state index in [1.54, 1.807) is 6.20 Å². The fourth-order valence-corrected chi connectivity index (χ4v) is 4.19. The Morgan fingerprint density at radius 1 is 1.03 bits per heavy atom. The molecule has 6 nitrogen and oxygen atoms in total. The smallest absolute Gasteiger partial charge is 0.255 e. The molecule has 1 fully saturated rings. The van der Waals surface area contributed by atoms with Gasteiger partial charge in [0.25, 0.3) is 5.91 Å². The number of nitrogens with zero attached hydrogens (tertiary/aromatic N) is 4. The molecule has 162 valence electrons. The van der Waals surface area contributed by atoms with Gasteiger partial charge in [0, 0.05) is 25.8 Å². The maximum absolute atomic E-state index is 12.9.